The predicted octanol–water partition coefficient (Wildman–Crippen LogP) is 3.57. The number of anilines is 1. The zero-order chi connectivity index (χ0) is 22.3. The van der Waals surface area contributed by atoms with Crippen LogP contribution in [0.3, 0.4) is 0 Å². The average Bonchev–Trinajstić information content (AvgIpc) is 2.85. The molecule has 7 heteroatoms. The van der Waals surface area contributed by atoms with Crippen molar-refractivity contribution >= 4 is 11.7 Å². The fraction of sp³-hybridized carbons (Fsp3) is 0.520. The van der Waals surface area contributed by atoms with Crippen molar-refractivity contribution in [2.45, 2.75) is 32.2 Å². The molecule has 0 saturated carbocycles. The van der Waals surface area contributed by atoms with Crippen LogP contribution in [-0.4, -0.2) is 67.1 Å². The summed E-state index contributed by atoms with van der Waals surface area (Å²) in [5.74, 6) is 2.21. The number of piperidine rings is 1. The Balaban J connectivity index is 1.22. The second-order valence-corrected chi connectivity index (χ2v) is 8.80. The maximum absolute atomic E-state index is 14.2. The molecule has 1 aromatic carbocycles. The maximum Gasteiger partial charge on any atom is 0.222 e. The second kappa shape index (κ2) is 10.8. The second-order valence-electron chi connectivity index (χ2n) is 8.80. The van der Waals surface area contributed by atoms with Gasteiger partial charge in [0.1, 0.15) is 17.4 Å². The first-order valence-electron chi connectivity index (χ1n) is 11.6. The molecule has 0 radical (unpaired) electrons. The van der Waals surface area contributed by atoms with Crippen molar-refractivity contribution in [3.8, 4) is 5.75 Å². The number of amides is 1. The smallest absolute Gasteiger partial charge is 0.222 e. The molecule has 2 fully saturated rings. The summed E-state index contributed by atoms with van der Waals surface area (Å²) in [6.45, 7) is 5.62. The van der Waals surface area contributed by atoms with Crippen LogP contribution in [0.5, 0.6) is 5.75 Å². The normalized spacial score (nSPS) is 19.8. The number of benzene rings is 1. The van der Waals surface area contributed by atoms with E-state index in [4.69, 9.17) is 4.74 Å². The van der Waals surface area contributed by atoms with E-state index in [-0.39, 0.29) is 11.7 Å². The van der Waals surface area contributed by atoms with E-state index < -0.39 is 0 Å². The molecule has 0 spiro atoms. The maximum atomic E-state index is 14.2. The van der Waals surface area contributed by atoms with Gasteiger partial charge in [-0.05, 0) is 62.1 Å². The molecule has 6 nitrogen and oxygen atoms in total. The summed E-state index contributed by atoms with van der Waals surface area (Å²) < 4.78 is 19.5. The highest BCUT2D eigenvalue weighted by atomic mass is 19.1. The minimum atomic E-state index is -0.187. The van der Waals surface area contributed by atoms with Crippen molar-refractivity contribution in [2.75, 3.05) is 51.3 Å². The third kappa shape index (κ3) is 5.76. The number of hydrogen-bond acceptors (Lipinski definition) is 5. The minimum Gasteiger partial charge on any atom is -0.497 e. The van der Waals surface area contributed by atoms with Crippen LogP contribution in [0.1, 0.15) is 31.2 Å². The van der Waals surface area contributed by atoms with Crippen LogP contribution in [0.2, 0.25) is 0 Å². The molecule has 32 heavy (non-hydrogen) atoms. The van der Waals surface area contributed by atoms with Crippen LogP contribution in [0.15, 0.2) is 42.6 Å². The average molecular weight is 441 g/mol. The summed E-state index contributed by atoms with van der Waals surface area (Å²) in [4.78, 5) is 23.7. The highest BCUT2D eigenvalue weighted by Gasteiger charge is 2.25. The Morgan fingerprint density at radius 1 is 1.16 bits per heavy atom. The zero-order valence-electron chi connectivity index (χ0n) is 18.9. The van der Waals surface area contributed by atoms with Crippen LogP contribution in [-0.2, 0) is 11.3 Å². The van der Waals surface area contributed by atoms with Crippen LogP contribution in [0, 0.1) is 11.7 Å². The van der Waals surface area contributed by atoms with Gasteiger partial charge in [-0.15, -0.1) is 0 Å². The van der Waals surface area contributed by atoms with Gasteiger partial charge in [0.15, 0.2) is 0 Å². The van der Waals surface area contributed by atoms with E-state index in [1.165, 1.54) is 6.07 Å². The Morgan fingerprint density at radius 2 is 2.00 bits per heavy atom. The van der Waals surface area contributed by atoms with E-state index in [9.17, 15) is 9.18 Å². The van der Waals surface area contributed by atoms with Gasteiger partial charge >= 0.3 is 0 Å². The zero-order valence-corrected chi connectivity index (χ0v) is 18.9. The fourth-order valence-electron chi connectivity index (χ4n) is 4.78. The molecule has 0 bridgehead atoms. The van der Waals surface area contributed by atoms with Gasteiger partial charge in [-0.1, -0.05) is 6.07 Å². The lowest BCUT2D eigenvalue weighted by molar-refractivity contribution is -0.131. The Kier molecular flexibility index (Phi) is 7.58. The first-order valence-corrected chi connectivity index (χ1v) is 11.6. The number of carbonyl (C=O) groups excluding carboxylic acids is 1. The SMILES string of the molecule is COc1ccc(F)c(CN2CCCC(CCC(=O)N3CCN(c4ccccn4)CC3)C2)c1. The molecule has 4 rings (SSSR count). The van der Waals surface area contributed by atoms with Gasteiger partial charge in [0.25, 0.3) is 0 Å². The van der Waals surface area contributed by atoms with Crippen molar-refractivity contribution in [2.24, 2.45) is 5.92 Å². The number of ether oxygens (including phenoxy) is 1. The number of piperazine rings is 1. The monoisotopic (exact) mass is 440 g/mol. The first kappa shape index (κ1) is 22.5. The number of halogens is 1. The minimum absolute atomic E-state index is 0.187. The lowest BCUT2D eigenvalue weighted by Gasteiger charge is -2.36. The van der Waals surface area contributed by atoms with Gasteiger partial charge < -0.3 is 14.5 Å². The van der Waals surface area contributed by atoms with E-state index in [1.807, 2.05) is 29.3 Å². The van der Waals surface area contributed by atoms with Gasteiger partial charge in [0.2, 0.25) is 5.91 Å². The third-order valence-electron chi connectivity index (χ3n) is 6.62. The molecule has 2 aromatic rings. The molecule has 2 saturated heterocycles. The molecule has 2 aliphatic heterocycles. The highest BCUT2D eigenvalue weighted by molar-refractivity contribution is 5.76. The Morgan fingerprint density at radius 3 is 2.75 bits per heavy atom. The summed E-state index contributed by atoms with van der Waals surface area (Å²) in [6.07, 6.45) is 5.53. The number of methoxy groups -OCH3 is 1. The number of rotatable bonds is 7. The molecular formula is C25H33FN4O2. The van der Waals surface area contributed by atoms with Crippen molar-refractivity contribution in [3.63, 3.8) is 0 Å². The lowest BCUT2D eigenvalue weighted by Crippen LogP contribution is -2.49. The standard InChI is InChI=1S/C25H33FN4O2/c1-32-22-8-9-23(26)21(17-22)19-28-12-4-5-20(18-28)7-10-25(31)30-15-13-29(14-16-30)24-6-2-3-11-27-24/h2-3,6,8-9,11,17,20H,4-5,7,10,12-16,18-19H2,1H3. The van der Waals surface area contributed by atoms with Crippen LogP contribution < -0.4 is 9.64 Å². The molecule has 2 aliphatic rings. The summed E-state index contributed by atoms with van der Waals surface area (Å²) in [5, 5.41) is 0. The van der Waals surface area contributed by atoms with Crippen LogP contribution in [0.4, 0.5) is 10.2 Å². The van der Waals surface area contributed by atoms with Crippen molar-refractivity contribution in [1.82, 2.24) is 14.8 Å². The molecule has 1 unspecified atom stereocenters. The Labute approximate surface area is 190 Å². The highest BCUT2D eigenvalue weighted by Crippen LogP contribution is 2.25. The molecule has 1 atom stereocenters. The number of likely N-dealkylation sites (tertiary alicyclic amines) is 1. The number of pyridine rings is 1. The number of hydrogen-bond donors (Lipinski definition) is 0. The largest absolute Gasteiger partial charge is 0.497 e. The van der Waals surface area contributed by atoms with Crippen molar-refractivity contribution in [3.05, 3.63) is 54.0 Å². The number of nitrogens with zero attached hydrogens (tertiary/aromatic N) is 4. The molecular weight excluding hydrogens is 407 g/mol. The number of carbonyl (C=O) groups is 1. The first-order chi connectivity index (χ1) is 15.6. The summed E-state index contributed by atoms with van der Waals surface area (Å²) in [6, 6.07) is 10.8. The fourth-order valence-corrected chi connectivity index (χ4v) is 4.78. The van der Waals surface area contributed by atoms with Gasteiger partial charge in [0, 0.05) is 57.4 Å². The number of aromatic nitrogens is 1. The Bertz CT molecular complexity index is 887. The van der Waals surface area contributed by atoms with Gasteiger partial charge in [-0.3, -0.25) is 9.69 Å². The van der Waals surface area contributed by atoms with E-state index in [0.29, 0.717) is 30.2 Å². The summed E-state index contributed by atoms with van der Waals surface area (Å²) >= 11 is 0. The Hall–Kier alpha value is -2.67. The van der Waals surface area contributed by atoms with Gasteiger partial charge in [0.05, 0.1) is 7.11 Å². The van der Waals surface area contributed by atoms with Crippen molar-refractivity contribution < 1.29 is 13.9 Å². The quantitative estimate of drug-likeness (QED) is 0.659. The van der Waals surface area contributed by atoms with Gasteiger partial charge in [-0.2, -0.15) is 0 Å². The van der Waals surface area contributed by atoms with E-state index >= 15 is 0 Å². The van der Waals surface area contributed by atoms with Crippen molar-refractivity contribution in [1.29, 1.82) is 0 Å². The predicted molar refractivity (Wildman–Crippen MR) is 123 cm³/mol. The van der Waals surface area contributed by atoms with E-state index in [0.717, 1.165) is 64.3 Å². The molecule has 3 heterocycles. The van der Waals surface area contributed by atoms with Gasteiger partial charge in [-0.25, -0.2) is 9.37 Å². The van der Waals surface area contributed by atoms with E-state index in [1.54, 1.807) is 19.2 Å². The molecule has 172 valence electrons. The molecule has 0 N–H and O–H groups in total. The lowest BCUT2D eigenvalue weighted by atomic mass is 9.92. The van der Waals surface area contributed by atoms with Crippen LogP contribution in [0.25, 0.3) is 0 Å². The third-order valence-corrected chi connectivity index (χ3v) is 6.62. The summed E-state index contributed by atoms with van der Waals surface area (Å²) in [5.41, 5.74) is 0.673. The van der Waals surface area contributed by atoms with E-state index in [2.05, 4.69) is 14.8 Å². The van der Waals surface area contributed by atoms with Crippen LogP contribution >= 0.6 is 0 Å². The molecule has 0 aliphatic carbocycles. The molecule has 1 amide bonds. The molecule has 1 aromatic heterocycles. The summed E-state index contributed by atoms with van der Waals surface area (Å²) in [7, 11) is 1.60. The topological polar surface area (TPSA) is 48.9 Å².